The molecule has 1 aromatic carbocycles. The van der Waals surface area contributed by atoms with Crippen molar-refractivity contribution in [3.8, 4) is 0 Å². The molecule has 1 aromatic heterocycles. The van der Waals surface area contributed by atoms with Crippen molar-refractivity contribution in [1.29, 1.82) is 0 Å². The van der Waals surface area contributed by atoms with Crippen molar-refractivity contribution < 1.29 is 13.9 Å². The Hall–Kier alpha value is -2.39. The van der Waals surface area contributed by atoms with E-state index >= 15 is 0 Å². The average Bonchev–Trinajstić information content (AvgIpc) is 3.12. The number of rotatable bonds is 6. The van der Waals surface area contributed by atoms with E-state index in [4.69, 9.17) is 9.72 Å². The summed E-state index contributed by atoms with van der Waals surface area (Å²) in [4.78, 5) is 25.4. The number of carbonyl (C=O) groups excluding carboxylic acids is 1. The van der Waals surface area contributed by atoms with Crippen LogP contribution >= 0.6 is 0 Å². The van der Waals surface area contributed by atoms with Gasteiger partial charge in [-0.15, -0.1) is 0 Å². The fourth-order valence-electron chi connectivity index (χ4n) is 5.95. The number of halogens is 1. The molecule has 5 rings (SSSR count). The lowest BCUT2D eigenvalue weighted by Gasteiger charge is -2.43. The number of pyridine rings is 1. The second kappa shape index (κ2) is 10.8. The molecule has 2 fully saturated rings. The Labute approximate surface area is 220 Å². The summed E-state index contributed by atoms with van der Waals surface area (Å²) in [6, 6.07) is 9.30. The van der Waals surface area contributed by atoms with Gasteiger partial charge in [-0.3, -0.25) is 19.6 Å². The number of amides is 1. The van der Waals surface area contributed by atoms with Crippen molar-refractivity contribution in [2.45, 2.75) is 57.7 Å². The molecule has 3 aliphatic rings. The maximum absolute atomic E-state index is 13.8. The van der Waals surface area contributed by atoms with Gasteiger partial charge in [0, 0.05) is 63.0 Å². The van der Waals surface area contributed by atoms with Gasteiger partial charge in [0.15, 0.2) is 0 Å². The molecule has 7 nitrogen and oxygen atoms in total. The van der Waals surface area contributed by atoms with E-state index in [-0.39, 0.29) is 29.3 Å². The van der Waals surface area contributed by atoms with E-state index in [1.165, 1.54) is 12.1 Å². The Morgan fingerprint density at radius 3 is 2.73 bits per heavy atom. The third-order valence-corrected chi connectivity index (χ3v) is 7.89. The number of fused-ring (bicyclic) bond motifs is 1. The van der Waals surface area contributed by atoms with Crippen LogP contribution < -0.4 is 10.2 Å². The maximum Gasteiger partial charge on any atom is 0.241 e. The first-order valence-corrected chi connectivity index (χ1v) is 13.5. The molecule has 37 heavy (non-hydrogen) atoms. The SMILES string of the molecule is C[C@@H]1CN(CC(=O)N2CC(C)(C)c3ncc(Cc4ccc(F)cc4)cc32)[C@@H](CN2CCO[C@@H](C)C2)CN1. The molecular weight excluding hydrogens is 469 g/mol. The van der Waals surface area contributed by atoms with E-state index in [9.17, 15) is 9.18 Å². The molecule has 200 valence electrons. The molecule has 0 radical (unpaired) electrons. The molecule has 0 bridgehead atoms. The number of piperazine rings is 1. The van der Waals surface area contributed by atoms with Gasteiger partial charge in [0.25, 0.3) is 0 Å². The number of nitrogens with zero attached hydrogens (tertiary/aromatic N) is 4. The van der Waals surface area contributed by atoms with Crippen LogP contribution in [0.25, 0.3) is 0 Å². The van der Waals surface area contributed by atoms with Gasteiger partial charge >= 0.3 is 0 Å². The number of morpholine rings is 1. The van der Waals surface area contributed by atoms with Gasteiger partial charge in [0.05, 0.1) is 30.6 Å². The highest BCUT2D eigenvalue weighted by molar-refractivity contribution is 5.97. The lowest BCUT2D eigenvalue weighted by Crippen LogP contribution is -2.61. The zero-order valence-corrected chi connectivity index (χ0v) is 22.5. The Morgan fingerprint density at radius 2 is 1.97 bits per heavy atom. The van der Waals surface area contributed by atoms with E-state index in [1.807, 2.05) is 11.1 Å². The minimum absolute atomic E-state index is 0.127. The van der Waals surface area contributed by atoms with Crippen LogP contribution in [0.15, 0.2) is 36.5 Å². The Kier molecular flexibility index (Phi) is 7.63. The zero-order valence-electron chi connectivity index (χ0n) is 22.5. The summed E-state index contributed by atoms with van der Waals surface area (Å²) in [6.07, 6.45) is 2.80. The molecule has 2 saturated heterocycles. The standard InChI is InChI=1S/C29H40FN5O2/c1-20-15-34(25(14-31-20)17-33-9-10-37-21(2)16-33)18-27(36)35-19-29(3,4)28-26(35)12-23(13-32-28)11-22-5-7-24(30)8-6-22/h5-8,12-13,20-21,25,31H,9-11,14-19H2,1-4H3/t20-,21+,25-/m1/s1. The monoisotopic (exact) mass is 509 g/mol. The summed E-state index contributed by atoms with van der Waals surface area (Å²) in [5, 5.41) is 3.61. The first kappa shape index (κ1) is 26.2. The zero-order chi connectivity index (χ0) is 26.2. The van der Waals surface area contributed by atoms with Crippen molar-refractivity contribution >= 4 is 11.6 Å². The number of carbonyl (C=O) groups is 1. The van der Waals surface area contributed by atoms with Gasteiger partial charge in [-0.25, -0.2) is 4.39 Å². The minimum Gasteiger partial charge on any atom is -0.376 e. The summed E-state index contributed by atoms with van der Waals surface area (Å²) in [5.74, 6) is -0.111. The lowest BCUT2D eigenvalue weighted by molar-refractivity contribution is -0.121. The number of nitrogens with one attached hydrogen (secondary N) is 1. The van der Waals surface area contributed by atoms with Crippen molar-refractivity contribution in [2.75, 3.05) is 57.3 Å². The van der Waals surface area contributed by atoms with E-state index in [0.717, 1.165) is 61.8 Å². The van der Waals surface area contributed by atoms with Crippen LogP contribution in [-0.4, -0.2) is 91.3 Å². The molecule has 1 N–H and O–H groups in total. The van der Waals surface area contributed by atoms with Crippen molar-refractivity contribution in [3.63, 3.8) is 0 Å². The Bertz CT molecular complexity index is 1110. The van der Waals surface area contributed by atoms with Crippen LogP contribution in [0.3, 0.4) is 0 Å². The molecule has 0 spiro atoms. The minimum atomic E-state index is -0.238. The lowest BCUT2D eigenvalue weighted by atomic mass is 9.91. The summed E-state index contributed by atoms with van der Waals surface area (Å²) >= 11 is 0. The molecule has 8 heteroatoms. The van der Waals surface area contributed by atoms with Crippen LogP contribution in [0.2, 0.25) is 0 Å². The molecule has 3 aliphatic heterocycles. The highest BCUT2D eigenvalue weighted by atomic mass is 19.1. The number of hydrogen-bond acceptors (Lipinski definition) is 6. The fourth-order valence-corrected chi connectivity index (χ4v) is 5.95. The second-order valence-electron chi connectivity index (χ2n) is 11.7. The predicted octanol–water partition coefficient (Wildman–Crippen LogP) is 2.82. The largest absolute Gasteiger partial charge is 0.376 e. The molecule has 4 heterocycles. The second-order valence-corrected chi connectivity index (χ2v) is 11.7. The first-order valence-electron chi connectivity index (χ1n) is 13.5. The third kappa shape index (κ3) is 6.03. The van der Waals surface area contributed by atoms with Gasteiger partial charge in [-0.2, -0.15) is 0 Å². The summed E-state index contributed by atoms with van der Waals surface area (Å²) in [5.41, 5.74) is 3.72. The van der Waals surface area contributed by atoms with Gasteiger partial charge in [0.1, 0.15) is 5.82 Å². The molecule has 0 saturated carbocycles. The van der Waals surface area contributed by atoms with Crippen molar-refractivity contribution in [2.24, 2.45) is 0 Å². The summed E-state index contributed by atoms with van der Waals surface area (Å²) in [7, 11) is 0. The topological polar surface area (TPSA) is 60.9 Å². The smallest absolute Gasteiger partial charge is 0.241 e. The van der Waals surface area contributed by atoms with Gasteiger partial charge in [0.2, 0.25) is 5.91 Å². The van der Waals surface area contributed by atoms with Crippen LogP contribution in [-0.2, 0) is 21.4 Å². The van der Waals surface area contributed by atoms with Crippen LogP contribution in [0.5, 0.6) is 0 Å². The normalized spacial score (nSPS) is 26.3. The van der Waals surface area contributed by atoms with E-state index in [2.05, 4.69) is 48.9 Å². The highest BCUT2D eigenvalue weighted by Gasteiger charge is 2.41. The van der Waals surface area contributed by atoms with Crippen molar-refractivity contribution in [1.82, 2.24) is 20.1 Å². The number of ether oxygens (including phenoxy) is 1. The van der Waals surface area contributed by atoms with Crippen LogP contribution in [0.1, 0.15) is 44.5 Å². The molecule has 2 aromatic rings. The predicted molar refractivity (Wildman–Crippen MR) is 144 cm³/mol. The molecule has 1 amide bonds. The quantitative estimate of drug-likeness (QED) is 0.646. The number of benzene rings is 1. The van der Waals surface area contributed by atoms with Crippen molar-refractivity contribution in [3.05, 3.63) is 59.2 Å². The number of anilines is 1. The van der Waals surface area contributed by atoms with E-state index < -0.39 is 0 Å². The van der Waals surface area contributed by atoms with Gasteiger partial charge < -0.3 is 15.0 Å². The Morgan fingerprint density at radius 1 is 1.19 bits per heavy atom. The maximum atomic E-state index is 13.8. The Balaban J connectivity index is 1.32. The summed E-state index contributed by atoms with van der Waals surface area (Å²) in [6.45, 7) is 14.9. The average molecular weight is 510 g/mol. The van der Waals surface area contributed by atoms with Gasteiger partial charge in [-0.1, -0.05) is 26.0 Å². The van der Waals surface area contributed by atoms with Crippen LogP contribution in [0.4, 0.5) is 10.1 Å². The van der Waals surface area contributed by atoms with Gasteiger partial charge in [-0.05, 0) is 49.6 Å². The summed E-state index contributed by atoms with van der Waals surface area (Å²) < 4.78 is 19.1. The first-order chi connectivity index (χ1) is 17.7. The van der Waals surface area contributed by atoms with E-state index in [0.29, 0.717) is 25.6 Å². The number of hydrogen-bond donors (Lipinski definition) is 1. The molecule has 0 aliphatic carbocycles. The van der Waals surface area contributed by atoms with E-state index in [1.54, 1.807) is 12.1 Å². The third-order valence-electron chi connectivity index (χ3n) is 7.89. The molecule has 3 atom stereocenters. The van der Waals surface area contributed by atoms with Crippen LogP contribution in [0, 0.1) is 5.82 Å². The fraction of sp³-hybridized carbons (Fsp3) is 0.586. The number of aromatic nitrogens is 1. The molecule has 0 unspecified atom stereocenters. The highest BCUT2D eigenvalue weighted by Crippen LogP contribution is 2.39. The molecular formula is C29H40FN5O2.